The normalized spacial score (nSPS) is 12.9. The maximum atomic E-state index is 10.2. The quantitative estimate of drug-likeness (QED) is 0.131. The second-order valence-corrected chi connectivity index (χ2v) is 14.5. The van der Waals surface area contributed by atoms with Gasteiger partial charge in [0.25, 0.3) is 0 Å². The average molecular weight is 481 g/mol. The van der Waals surface area contributed by atoms with Crippen LogP contribution in [0.3, 0.4) is 0 Å². The summed E-state index contributed by atoms with van der Waals surface area (Å²) in [5.41, 5.74) is 0. The molecule has 0 aromatic heterocycles. The molecule has 0 fully saturated rings. The highest BCUT2D eigenvalue weighted by atomic mass is 31.2. The zero-order chi connectivity index (χ0) is 23.8. The van der Waals surface area contributed by atoms with Gasteiger partial charge in [0.2, 0.25) is 0 Å². The minimum absolute atomic E-state index is 0.419. The van der Waals surface area contributed by atoms with Crippen molar-refractivity contribution in [3.63, 3.8) is 0 Å². The van der Waals surface area contributed by atoms with E-state index in [-0.39, 0.29) is 0 Å². The summed E-state index contributed by atoms with van der Waals surface area (Å²) < 4.78 is 14.9. The number of hydrogen-bond acceptors (Lipinski definition) is 2. The molecule has 0 rings (SSSR count). The van der Waals surface area contributed by atoms with Crippen molar-refractivity contribution < 1.29 is 14.0 Å². The molecule has 0 spiro atoms. The predicted molar refractivity (Wildman–Crippen MR) is 144 cm³/mol. The van der Waals surface area contributed by atoms with Gasteiger partial charge < -0.3 is 0 Å². The first-order chi connectivity index (χ1) is 14.9. The van der Waals surface area contributed by atoms with E-state index in [4.69, 9.17) is 4.89 Å². The summed E-state index contributed by atoms with van der Waals surface area (Å²) in [6.45, 7) is 14.1. The van der Waals surface area contributed by atoms with Crippen LogP contribution >= 0.6 is 15.5 Å². The number of rotatable bonds is 21. The highest BCUT2D eigenvalue weighted by molar-refractivity contribution is 7.75. The van der Waals surface area contributed by atoms with Crippen molar-refractivity contribution >= 4 is 15.5 Å². The first-order valence-corrected chi connectivity index (χ1v) is 17.2. The van der Waals surface area contributed by atoms with Crippen molar-refractivity contribution in [2.75, 3.05) is 31.3 Å². The molecule has 0 aliphatic carbocycles. The summed E-state index contributed by atoms with van der Waals surface area (Å²) in [7, 11) is -2.99. The molecule has 0 amide bonds. The van der Waals surface area contributed by atoms with E-state index in [0.717, 1.165) is 12.8 Å². The molecule has 31 heavy (non-hydrogen) atoms. The molecule has 3 nitrogen and oxygen atoms in total. The van der Waals surface area contributed by atoms with Gasteiger partial charge in [0, 0.05) is 11.8 Å². The molecule has 2 atom stereocenters. The Kier molecular flexibility index (Phi) is 27.2. The van der Waals surface area contributed by atoms with Gasteiger partial charge in [0.05, 0.1) is 24.6 Å². The molecule has 0 radical (unpaired) electrons. The van der Waals surface area contributed by atoms with Crippen LogP contribution in [0, 0.1) is 5.92 Å². The van der Waals surface area contributed by atoms with Crippen molar-refractivity contribution in [3.8, 4) is 0 Å². The van der Waals surface area contributed by atoms with Gasteiger partial charge in [-0.25, -0.2) is 0 Å². The summed E-state index contributed by atoms with van der Waals surface area (Å²) >= 11 is 0. The highest BCUT2D eigenvalue weighted by Gasteiger charge is 2.34. The van der Waals surface area contributed by atoms with Gasteiger partial charge in [0.15, 0.2) is 0 Å². The van der Waals surface area contributed by atoms with E-state index in [0.29, 0.717) is 12.5 Å². The molecule has 0 saturated carbocycles. The third kappa shape index (κ3) is 22.0. The summed E-state index contributed by atoms with van der Waals surface area (Å²) in [6, 6.07) is 0. The third-order valence-corrected chi connectivity index (χ3v) is 11.8. The molecular weight excluding hydrogens is 422 g/mol. The maximum Gasteiger partial charge on any atom is 0.694 e. The predicted octanol–water partition coefficient (Wildman–Crippen LogP) is 9.85. The monoisotopic (exact) mass is 480 g/mol. The molecule has 0 heterocycles. The van der Waals surface area contributed by atoms with Crippen LogP contribution in [-0.4, -0.2) is 36.1 Å². The smallest absolute Gasteiger partial charge is 0.133 e. The van der Waals surface area contributed by atoms with E-state index >= 15 is 0 Å². The lowest BCUT2D eigenvalue weighted by atomic mass is 10.0. The Balaban J connectivity index is 0. The van der Waals surface area contributed by atoms with E-state index in [1.165, 1.54) is 77.0 Å². The van der Waals surface area contributed by atoms with Gasteiger partial charge in [-0.1, -0.05) is 92.9 Å². The molecule has 5 heteroatoms. The molecule has 0 aromatic rings. The Morgan fingerprint density at radius 2 is 1.13 bits per heavy atom. The van der Waals surface area contributed by atoms with Gasteiger partial charge in [-0.3, -0.25) is 0 Å². The van der Waals surface area contributed by atoms with Gasteiger partial charge >= 0.3 is 8.25 Å². The Labute approximate surface area is 198 Å². The van der Waals surface area contributed by atoms with Crippen LogP contribution < -0.4 is 0 Å². The van der Waals surface area contributed by atoms with E-state index in [1.807, 2.05) is 0 Å². The maximum absolute atomic E-state index is 10.2. The molecule has 0 aromatic carbocycles. The molecule has 0 saturated heterocycles. The first-order valence-electron chi connectivity index (χ1n) is 13.6. The van der Waals surface area contributed by atoms with E-state index in [9.17, 15) is 4.57 Å². The minimum Gasteiger partial charge on any atom is -0.133 e. The fraction of sp³-hybridized carbons (Fsp3) is 1.00. The fourth-order valence-electron chi connectivity index (χ4n) is 4.09. The van der Waals surface area contributed by atoms with Crippen LogP contribution in [0.4, 0.5) is 0 Å². The van der Waals surface area contributed by atoms with Crippen LogP contribution in [0.2, 0.25) is 0 Å². The number of unbranched alkanes of at least 4 members (excludes halogenated alkanes) is 7. The standard InChI is InChI=1S/C18H40P.C8H17O3P/c1-5-9-13-14-18-19(15-10-6-2,16-11-7-3)17-12-8-4;1-3-5-6-8(4-2)7-11-12(9)10/h5-18H2,1-4H3;8H,3-7H2,1-2H3/q+1;/p+1. The lowest BCUT2D eigenvalue weighted by Crippen LogP contribution is -2.12. The Morgan fingerprint density at radius 3 is 1.52 bits per heavy atom. The largest absolute Gasteiger partial charge is 0.694 e. The summed E-state index contributed by atoms with van der Waals surface area (Å²) in [6.07, 6.45) is 25.4. The zero-order valence-electron chi connectivity index (χ0n) is 22.2. The van der Waals surface area contributed by atoms with Crippen molar-refractivity contribution in [3.05, 3.63) is 0 Å². The van der Waals surface area contributed by atoms with Gasteiger partial charge in [0.1, 0.15) is 6.61 Å². The molecule has 1 N–H and O–H groups in total. The van der Waals surface area contributed by atoms with Gasteiger partial charge in [-0.05, 0) is 44.4 Å². The van der Waals surface area contributed by atoms with E-state index in [1.54, 1.807) is 24.6 Å². The molecule has 0 aliphatic rings. The van der Waals surface area contributed by atoms with Crippen molar-refractivity contribution in [1.29, 1.82) is 0 Å². The summed E-state index contributed by atoms with van der Waals surface area (Å²) in [4.78, 5) is 8.41. The average Bonchev–Trinajstić information content (AvgIpc) is 2.77. The van der Waals surface area contributed by atoms with Gasteiger partial charge in [-0.2, -0.15) is 0 Å². The van der Waals surface area contributed by atoms with E-state index < -0.39 is 15.5 Å². The third-order valence-electron chi connectivity index (χ3n) is 6.41. The van der Waals surface area contributed by atoms with Crippen LogP contribution in [-0.2, 0) is 9.09 Å². The number of hydrogen-bond donors (Lipinski definition) is 1. The SMILES string of the molecule is CCCCC(CC)CO[P+](=O)O.CCCCCC[P+](CCCC)(CCCC)CCCC. The van der Waals surface area contributed by atoms with Crippen LogP contribution in [0.15, 0.2) is 0 Å². The Hall–Kier alpha value is 0.450. The van der Waals surface area contributed by atoms with Crippen LogP contribution in [0.5, 0.6) is 0 Å². The zero-order valence-corrected chi connectivity index (χ0v) is 24.0. The lowest BCUT2D eigenvalue weighted by molar-refractivity contribution is 0.218. The van der Waals surface area contributed by atoms with Gasteiger partial charge in [-0.15, -0.1) is 9.42 Å². The molecular formula is C26H58O3P2+2. The highest BCUT2D eigenvalue weighted by Crippen LogP contribution is 2.61. The second-order valence-electron chi connectivity index (χ2n) is 9.31. The Bertz CT molecular complexity index is 356. The molecule has 188 valence electrons. The summed E-state index contributed by atoms with van der Waals surface area (Å²) in [5, 5.41) is 0. The second kappa shape index (κ2) is 25.1. The molecule has 2 unspecified atom stereocenters. The van der Waals surface area contributed by atoms with Crippen LogP contribution in [0.1, 0.15) is 131 Å². The van der Waals surface area contributed by atoms with Crippen molar-refractivity contribution in [2.24, 2.45) is 5.92 Å². The molecule has 0 bridgehead atoms. The van der Waals surface area contributed by atoms with Crippen LogP contribution in [0.25, 0.3) is 0 Å². The first kappa shape index (κ1) is 33.6. The lowest BCUT2D eigenvalue weighted by Gasteiger charge is -2.28. The summed E-state index contributed by atoms with van der Waals surface area (Å²) in [5.74, 6) is 0.441. The molecule has 0 aliphatic heterocycles. The van der Waals surface area contributed by atoms with Crippen molar-refractivity contribution in [1.82, 2.24) is 0 Å². The van der Waals surface area contributed by atoms with Crippen molar-refractivity contribution in [2.45, 2.75) is 131 Å². The topological polar surface area (TPSA) is 46.5 Å². The minimum atomic E-state index is -2.40. The fourth-order valence-corrected chi connectivity index (χ4v) is 9.63. The Morgan fingerprint density at radius 1 is 0.677 bits per heavy atom. The van der Waals surface area contributed by atoms with E-state index in [2.05, 4.69) is 46.1 Å².